The molecule has 49 heavy (non-hydrogen) atoms. The van der Waals surface area contributed by atoms with Crippen LogP contribution in [0.15, 0.2) is 115 Å². The zero-order valence-corrected chi connectivity index (χ0v) is 29.7. The van der Waals surface area contributed by atoms with Gasteiger partial charge in [0.15, 0.2) is 0 Å². The molecule has 1 nitrogen and oxygen atoms in total. The highest BCUT2D eigenvalue weighted by Crippen LogP contribution is 2.70. The van der Waals surface area contributed by atoms with Crippen LogP contribution in [0.25, 0.3) is 22.3 Å². The third-order valence-electron chi connectivity index (χ3n) is 14.1. The van der Waals surface area contributed by atoms with Gasteiger partial charge in [-0.25, -0.2) is 0 Å². The third kappa shape index (κ3) is 4.17. The Morgan fingerprint density at radius 2 is 1.06 bits per heavy atom. The maximum absolute atomic E-state index is 2.67. The lowest BCUT2D eigenvalue weighted by Crippen LogP contribution is -2.55. The van der Waals surface area contributed by atoms with Crippen LogP contribution in [0, 0.1) is 23.7 Å². The van der Waals surface area contributed by atoms with E-state index in [2.05, 4.69) is 148 Å². The summed E-state index contributed by atoms with van der Waals surface area (Å²) in [6, 6.07) is 44.4. The van der Waals surface area contributed by atoms with Gasteiger partial charge in [0.25, 0.3) is 0 Å². The summed E-state index contributed by atoms with van der Waals surface area (Å²) < 4.78 is 0. The van der Waals surface area contributed by atoms with E-state index in [-0.39, 0.29) is 16.2 Å². The first-order chi connectivity index (χ1) is 23.8. The van der Waals surface area contributed by atoms with E-state index in [1.807, 2.05) is 0 Å². The topological polar surface area (TPSA) is 3.24 Å². The second-order valence-corrected chi connectivity index (χ2v) is 17.6. The highest BCUT2D eigenvalue weighted by molar-refractivity contribution is 5.96. The molecule has 5 aromatic carbocycles. The molecule has 0 N–H and O–H groups in total. The number of anilines is 3. The van der Waals surface area contributed by atoms with Crippen molar-refractivity contribution in [1.82, 2.24) is 0 Å². The van der Waals surface area contributed by atoms with Crippen molar-refractivity contribution in [2.24, 2.45) is 23.7 Å². The predicted octanol–water partition coefficient (Wildman–Crippen LogP) is 12.9. The molecule has 6 aliphatic rings. The highest BCUT2D eigenvalue weighted by atomic mass is 15.1. The van der Waals surface area contributed by atoms with Crippen LogP contribution in [-0.2, 0) is 16.2 Å². The van der Waals surface area contributed by atoms with Crippen LogP contribution in [0.5, 0.6) is 0 Å². The Hall–Kier alpha value is -4.10. The molecule has 246 valence electrons. The third-order valence-corrected chi connectivity index (χ3v) is 14.1. The second-order valence-electron chi connectivity index (χ2n) is 17.6. The minimum Gasteiger partial charge on any atom is -0.310 e. The zero-order chi connectivity index (χ0) is 33.1. The van der Waals surface area contributed by atoms with Gasteiger partial charge >= 0.3 is 0 Å². The maximum atomic E-state index is 2.67. The Bertz CT molecular complexity index is 2050. The summed E-state index contributed by atoms with van der Waals surface area (Å²) in [5.74, 6) is 3.38. The molecule has 0 heterocycles. The van der Waals surface area contributed by atoms with Gasteiger partial charge in [0.2, 0.25) is 0 Å². The van der Waals surface area contributed by atoms with E-state index >= 15 is 0 Å². The number of benzene rings is 5. The average molecular weight is 640 g/mol. The fourth-order valence-electron chi connectivity index (χ4n) is 12.1. The van der Waals surface area contributed by atoms with Crippen molar-refractivity contribution >= 4 is 17.1 Å². The molecule has 0 atom stereocenters. The molecule has 5 aromatic rings. The van der Waals surface area contributed by atoms with Crippen LogP contribution in [0.1, 0.15) is 94.9 Å². The number of fused-ring (bicyclic) bond motifs is 4. The van der Waals surface area contributed by atoms with Gasteiger partial charge < -0.3 is 4.90 Å². The Labute approximate surface area is 293 Å². The molecule has 0 aliphatic heterocycles. The van der Waals surface area contributed by atoms with E-state index in [0.29, 0.717) is 0 Å². The predicted molar refractivity (Wildman–Crippen MR) is 205 cm³/mol. The minimum atomic E-state index is 0.0716. The molecule has 0 unspecified atom stereocenters. The van der Waals surface area contributed by atoms with Crippen molar-refractivity contribution < 1.29 is 0 Å². The molecule has 11 rings (SSSR count). The molecule has 0 aromatic heterocycles. The Balaban J connectivity index is 1.24. The van der Waals surface area contributed by atoms with Crippen LogP contribution in [0.3, 0.4) is 0 Å². The molecule has 4 bridgehead atoms. The van der Waals surface area contributed by atoms with Crippen molar-refractivity contribution in [1.29, 1.82) is 0 Å². The standard InChI is InChI=1S/C48H49N/c1-46(2)24-25-47(3,4)45-41(46)17-11-19-43(45)49(37-22-20-34(21-23-37)33-12-6-5-7-13-33)42-18-10-16-40-44(42)38-14-8-9-15-39(38)48(40)35-27-31-26-32(29-35)30-36(48)28-31/h5-23,31-32,35-36H,24-30H2,1-4H3. The van der Waals surface area contributed by atoms with Crippen molar-refractivity contribution in [3.63, 3.8) is 0 Å². The zero-order valence-electron chi connectivity index (χ0n) is 29.7. The summed E-state index contributed by atoms with van der Waals surface area (Å²) in [7, 11) is 0. The Morgan fingerprint density at radius 1 is 0.490 bits per heavy atom. The van der Waals surface area contributed by atoms with E-state index in [9.17, 15) is 0 Å². The Kier molecular flexibility index (Phi) is 6.36. The first kappa shape index (κ1) is 29.8. The summed E-state index contributed by atoms with van der Waals surface area (Å²) in [6.07, 6.45) is 9.51. The molecule has 0 saturated heterocycles. The largest absolute Gasteiger partial charge is 0.310 e. The fraction of sp³-hybridized carbons (Fsp3) is 0.375. The molecule has 4 saturated carbocycles. The highest BCUT2D eigenvalue weighted by Gasteiger charge is 2.62. The fourth-order valence-corrected chi connectivity index (χ4v) is 12.1. The van der Waals surface area contributed by atoms with E-state index in [1.165, 1.54) is 95.4 Å². The van der Waals surface area contributed by atoms with Gasteiger partial charge in [-0.2, -0.15) is 0 Å². The van der Waals surface area contributed by atoms with Gasteiger partial charge in [0.05, 0.1) is 11.4 Å². The summed E-state index contributed by atoms with van der Waals surface area (Å²) in [5, 5.41) is 0. The summed E-state index contributed by atoms with van der Waals surface area (Å²) in [4.78, 5) is 2.67. The minimum absolute atomic E-state index is 0.0716. The number of hydrogen-bond donors (Lipinski definition) is 0. The van der Waals surface area contributed by atoms with Crippen molar-refractivity contribution in [2.75, 3.05) is 4.90 Å². The van der Waals surface area contributed by atoms with E-state index in [4.69, 9.17) is 0 Å². The molecule has 6 aliphatic carbocycles. The quantitative estimate of drug-likeness (QED) is 0.189. The number of hydrogen-bond acceptors (Lipinski definition) is 1. The van der Waals surface area contributed by atoms with E-state index in [1.54, 1.807) is 11.1 Å². The normalized spacial score (nSPS) is 27.8. The second kappa shape index (κ2) is 10.5. The molecule has 1 heteroatoms. The van der Waals surface area contributed by atoms with Gasteiger partial charge in [-0.15, -0.1) is 0 Å². The van der Waals surface area contributed by atoms with Crippen molar-refractivity contribution in [2.45, 2.75) is 88.9 Å². The van der Waals surface area contributed by atoms with Crippen LogP contribution < -0.4 is 4.90 Å². The van der Waals surface area contributed by atoms with E-state index in [0.717, 1.165) is 23.7 Å². The lowest BCUT2D eigenvalue weighted by molar-refractivity contribution is -0.0399. The SMILES string of the molecule is CC1(C)CCC(C)(C)c2c(N(c3ccc(-c4ccccc4)cc3)c3cccc4c3-c3ccccc3C43C4CC5CC(C4)CC3C5)cccc21. The molecule has 1 spiro atoms. The van der Waals surface area contributed by atoms with Gasteiger partial charge in [-0.05, 0) is 143 Å². The molecular formula is C48H49N. The summed E-state index contributed by atoms with van der Waals surface area (Å²) >= 11 is 0. The van der Waals surface area contributed by atoms with Crippen molar-refractivity contribution in [3.8, 4) is 22.3 Å². The number of rotatable bonds is 4. The number of nitrogens with zero attached hydrogens (tertiary/aromatic N) is 1. The van der Waals surface area contributed by atoms with Crippen molar-refractivity contribution in [3.05, 3.63) is 138 Å². The smallest absolute Gasteiger partial charge is 0.0543 e. The first-order valence-corrected chi connectivity index (χ1v) is 19.1. The van der Waals surface area contributed by atoms with Crippen LogP contribution in [0.4, 0.5) is 17.1 Å². The lowest BCUT2D eigenvalue weighted by atomic mass is 9.43. The van der Waals surface area contributed by atoms with Gasteiger partial charge in [0, 0.05) is 16.7 Å². The van der Waals surface area contributed by atoms with Crippen LogP contribution in [0.2, 0.25) is 0 Å². The summed E-state index contributed by atoms with van der Waals surface area (Å²) in [6.45, 7) is 9.87. The average Bonchev–Trinajstić information content (AvgIpc) is 3.41. The van der Waals surface area contributed by atoms with Gasteiger partial charge in [0.1, 0.15) is 0 Å². The van der Waals surface area contributed by atoms with Crippen LogP contribution >= 0.6 is 0 Å². The monoisotopic (exact) mass is 639 g/mol. The lowest BCUT2D eigenvalue weighted by Gasteiger charge is -2.61. The molecular weight excluding hydrogens is 591 g/mol. The molecule has 0 radical (unpaired) electrons. The first-order valence-electron chi connectivity index (χ1n) is 19.1. The van der Waals surface area contributed by atoms with Crippen LogP contribution in [-0.4, -0.2) is 0 Å². The molecule has 4 fully saturated rings. The molecule has 0 amide bonds. The van der Waals surface area contributed by atoms with Gasteiger partial charge in [-0.1, -0.05) is 119 Å². The van der Waals surface area contributed by atoms with E-state index < -0.39 is 0 Å². The Morgan fingerprint density at radius 3 is 1.78 bits per heavy atom. The van der Waals surface area contributed by atoms with Gasteiger partial charge in [-0.3, -0.25) is 0 Å². The maximum Gasteiger partial charge on any atom is 0.0543 e. The summed E-state index contributed by atoms with van der Waals surface area (Å²) in [5.41, 5.74) is 16.1.